The molecule has 0 radical (unpaired) electrons. The monoisotopic (exact) mass is 543 g/mol. The summed E-state index contributed by atoms with van der Waals surface area (Å²) in [5, 5.41) is 7.03. The lowest BCUT2D eigenvalue weighted by molar-refractivity contribution is -0.0199. The van der Waals surface area contributed by atoms with Gasteiger partial charge in [-0.05, 0) is 52.3 Å². The van der Waals surface area contributed by atoms with Crippen LogP contribution < -0.4 is 14.2 Å². The molecule has 0 aliphatic carbocycles. The average molecular weight is 545 g/mol. The Bertz CT molecular complexity index is 1170. The number of halogens is 2. The summed E-state index contributed by atoms with van der Waals surface area (Å²) in [6.07, 6.45) is 3.95. The Morgan fingerprint density at radius 1 is 1.06 bits per heavy atom. The molecule has 1 aromatic heterocycles. The third-order valence-electron chi connectivity index (χ3n) is 5.49. The smallest absolute Gasteiger partial charge is 0.215 e. The SMILES string of the molecule is COc1ccc(C2=NN3[C@@H](c4cccnc4)Oc4c(Br)cc(Br)cc4[C@@H]3C2)cc1OC. The fourth-order valence-electron chi connectivity index (χ4n) is 4.05. The molecular formula is C23H19Br2N3O3. The molecule has 2 atom stereocenters. The van der Waals surface area contributed by atoms with Gasteiger partial charge >= 0.3 is 0 Å². The van der Waals surface area contributed by atoms with Gasteiger partial charge in [0.1, 0.15) is 5.75 Å². The normalized spacial score (nSPS) is 19.2. The van der Waals surface area contributed by atoms with E-state index in [1.54, 1.807) is 20.4 Å². The quantitative estimate of drug-likeness (QED) is 0.411. The fraction of sp³-hybridized carbons (Fsp3) is 0.217. The lowest BCUT2D eigenvalue weighted by Gasteiger charge is -2.38. The molecule has 2 aliphatic rings. The Labute approximate surface area is 197 Å². The molecule has 0 saturated carbocycles. The molecule has 5 rings (SSSR count). The van der Waals surface area contributed by atoms with Gasteiger partial charge in [-0.2, -0.15) is 5.10 Å². The Balaban J connectivity index is 1.61. The molecule has 0 fully saturated rings. The van der Waals surface area contributed by atoms with Gasteiger partial charge in [-0.15, -0.1) is 0 Å². The second kappa shape index (κ2) is 8.16. The molecule has 0 spiro atoms. The summed E-state index contributed by atoms with van der Waals surface area (Å²) in [6.45, 7) is 0. The van der Waals surface area contributed by atoms with Crippen LogP contribution in [0.3, 0.4) is 0 Å². The Kier molecular flexibility index (Phi) is 5.35. The van der Waals surface area contributed by atoms with E-state index >= 15 is 0 Å². The largest absolute Gasteiger partial charge is 0.493 e. The number of fused-ring (bicyclic) bond motifs is 3. The highest BCUT2D eigenvalue weighted by molar-refractivity contribution is 9.11. The average Bonchev–Trinajstić information content (AvgIpc) is 3.24. The van der Waals surface area contributed by atoms with Crippen LogP contribution in [-0.2, 0) is 0 Å². The van der Waals surface area contributed by atoms with E-state index in [4.69, 9.17) is 19.3 Å². The van der Waals surface area contributed by atoms with Crippen molar-refractivity contribution < 1.29 is 14.2 Å². The van der Waals surface area contributed by atoms with E-state index in [2.05, 4.69) is 42.9 Å². The molecular weight excluding hydrogens is 526 g/mol. The van der Waals surface area contributed by atoms with Gasteiger partial charge in [0.25, 0.3) is 0 Å². The first-order valence-corrected chi connectivity index (χ1v) is 11.3. The van der Waals surface area contributed by atoms with Crippen molar-refractivity contribution in [1.29, 1.82) is 0 Å². The minimum absolute atomic E-state index is 0.0332. The molecule has 31 heavy (non-hydrogen) atoms. The first-order chi connectivity index (χ1) is 15.1. The van der Waals surface area contributed by atoms with E-state index in [1.165, 1.54) is 0 Å². The van der Waals surface area contributed by atoms with Crippen LogP contribution in [0.5, 0.6) is 17.2 Å². The molecule has 6 nitrogen and oxygen atoms in total. The number of hydrazone groups is 1. The van der Waals surface area contributed by atoms with Crippen LogP contribution >= 0.6 is 31.9 Å². The van der Waals surface area contributed by atoms with Crippen LogP contribution in [-0.4, -0.2) is 29.9 Å². The summed E-state index contributed by atoms with van der Waals surface area (Å²) in [7, 11) is 3.27. The van der Waals surface area contributed by atoms with Crippen molar-refractivity contribution in [2.24, 2.45) is 5.10 Å². The van der Waals surface area contributed by atoms with Gasteiger partial charge in [-0.3, -0.25) is 4.98 Å². The van der Waals surface area contributed by atoms with Crippen LogP contribution in [0, 0.1) is 0 Å². The number of hydrogen-bond donors (Lipinski definition) is 0. The predicted molar refractivity (Wildman–Crippen MR) is 125 cm³/mol. The van der Waals surface area contributed by atoms with Crippen LogP contribution in [0.1, 0.15) is 35.4 Å². The highest BCUT2D eigenvalue weighted by Gasteiger charge is 2.42. The van der Waals surface area contributed by atoms with Gasteiger partial charge in [-0.25, -0.2) is 5.01 Å². The van der Waals surface area contributed by atoms with Gasteiger partial charge in [0.15, 0.2) is 11.5 Å². The second-order valence-electron chi connectivity index (χ2n) is 7.28. The third-order valence-corrected chi connectivity index (χ3v) is 6.54. The number of methoxy groups -OCH3 is 2. The van der Waals surface area contributed by atoms with E-state index < -0.39 is 0 Å². The van der Waals surface area contributed by atoms with Crippen LogP contribution in [0.4, 0.5) is 0 Å². The summed E-state index contributed by atoms with van der Waals surface area (Å²) in [5.41, 5.74) is 3.99. The van der Waals surface area contributed by atoms with Crippen molar-refractivity contribution in [2.45, 2.75) is 18.7 Å². The predicted octanol–water partition coefficient (Wildman–Crippen LogP) is 5.87. The summed E-state index contributed by atoms with van der Waals surface area (Å²) in [6, 6.07) is 13.9. The maximum absolute atomic E-state index is 6.45. The zero-order valence-electron chi connectivity index (χ0n) is 16.9. The van der Waals surface area contributed by atoms with E-state index in [0.29, 0.717) is 11.5 Å². The lowest BCUT2D eigenvalue weighted by Crippen LogP contribution is -2.34. The number of nitrogens with zero attached hydrogens (tertiary/aromatic N) is 3. The number of aromatic nitrogens is 1. The van der Waals surface area contributed by atoms with Crippen LogP contribution in [0.15, 0.2) is 68.9 Å². The Morgan fingerprint density at radius 3 is 2.65 bits per heavy atom. The standard InChI is InChI=1S/C23H19Br2N3O3/c1-29-20-6-5-13(8-21(20)30-2)18-11-19-16-9-15(24)10-17(25)22(16)31-23(28(19)27-18)14-4-3-7-26-12-14/h3-10,12,19,23H,11H2,1-2H3/t19-,23+/m0/s1. The molecule has 0 N–H and O–H groups in total. The molecule has 3 aromatic rings. The van der Waals surface area contributed by atoms with E-state index in [-0.39, 0.29) is 12.3 Å². The zero-order valence-corrected chi connectivity index (χ0v) is 20.1. The van der Waals surface area contributed by atoms with Gasteiger partial charge in [-0.1, -0.05) is 22.0 Å². The minimum Gasteiger partial charge on any atom is -0.493 e. The second-order valence-corrected chi connectivity index (χ2v) is 9.05. The third kappa shape index (κ3) is 3.57. The fourth-order valence-corrected chi connectivity index (χ4v) is 5.40. The van der Waals surface area contributed by atoms with Crippen molar-refractivity contribution in [3.05, 3.63) is 80.5 Å². The van der Waals surface area contributed by atoms with Gasteiger partial charge < -0.3 is 14.2 Å². The molecule has 158 valence electrons. The number of rotatable bonds is 4. The summed E-state index contributed by atoms with van der Waals surface area (Å²) >= 11 is 7.28. The summed E-state index contributed by atoms with van der Waals surface area (Å²) in [4.78, 5) is 4.28. The minimum atomic E-state index is -0.374. The molecule has 0 bridgehead atoms. The molecule has 0 amide bonds. The molecule has 0 saturated heterocycles. The summed E-state index contributed by atoms with van der Waals surface area (Å²) in [5.74, 6) is 2.21. The first kappa shape index (κ1) is 20.3. The Hall–Kier alpha value is -2.58. The zero-order chi connectivity index (χ0) is 21.5. The molecule has 2 aromatic carbocycles. The number of ether oxygens (including phenoxy) is 3. The summed E-state index contributed by atoms with van der Waals surface area (Å²) < 4.78 is 19.2. The van der Waals surface area contributed by atoms with E-state index in [9.17, 15) is 0 Å². The molecule has 3 heterocycles. The molecule has 0 unspecified atom stereocenters. The number of hydrogen-bond acceptors (Lipinski definition) is 6. The molecule has 2 aliphatic heterocycles. The van der Waals surface area contributed by atoms with Crippen molar-refractivity contribution in [3.8, 4) is 17.2 Å². The molecule has 8 heteroatoms. The van der Waals surface area contributed by atoms with Crippen molar-refractivity contribution in [1.82, 2.24) is 9.99 Å². The maximum atomic E-state index is 6.45. The van der Waals surface area contributed by atoms with E-state index in [1.807, 2.05) is 47.6 Å². The van der Waals surface area contributed by atoms with Crippen LogP contribution in [0.25, 0.3) is 0 Å². The highest BCUT2D eigenvalue weighted by atomic mass is 79.9. The van der Waals surface area contributed by atoms with Gasteiger partial charge in [0.05, 0.1) is 30.4 Å². The maximum Gasteiger partial charge on any atom is 0.215 e. The number of benzene rings is 2. The van der Waals surface area contributed by atoms with Gasteiger partial charge in [0, 0.05) is 40.0 Å². The highest BCUT2D eigenvalue weighted by Crippen LogP contribution is 2.51. The number of pyridine rings is 1. The Morgan fingerprint density at radius 2 is 1.90 bits per heavy atom. The van der Waals surface area contributed by atoms with Crippen molar-refractivity contribution in [3.63, 3.8) is 0 Å². The van der Waals surface area contributed by atoms with Crippen molar-refractivity contribution in [2.75, 3.05) is 14.2 Å². The van der Waals surface area contributed by atoms with Crippen molar-refractivity contribution >= 4 is 37.6 Å². The van der Waals surface area contributed by atoms with Gasteiger partial charge in [0.2, 0.25) is 6.23 Å². The lowest BCUT2D eigenvalue weighted by atomic mass is 9.96. The van der Waals surface area contributed by atoms with Crippen LogP contribution in [0.2, 0.25) is 0 Å². The first-order valence-electron chi connectivity index (χ1n) is 9.72. The topological polar surface area (TPSA) is 56.2 Å². The van der Waals surface area contributed by atoms with E-state index in [0.717, 1.165) is 43.5 Å².